The van der Waals surface area contributed by atoms with Gasteiger partial charge in [0.15, 0.2) is 0 Å². The summed E-state index contributed by atoms with van der Waals surface area (Å²) in [6, 6.07) is 8.77. The lowest BCUT2D eigenvalue weighted by Gasteiger charge is -2.09. The third kappa shape index (κ3) is 3.25. The zero-order valence-electron chi connectivity index (χ0n) is 14.8. The van der Waals surface area contributed by atoms with Gasteiger partial charge in [-0.1, -0.05) is 17.7 Å². The second-order valence-electron chi connectivity index (χ2n) is 6.32. The van der Waals surface area contributed by atoms with Gasteiger partial charge < -0.3 is 14.9 Å². The second kappa shape index (κ2) is 7.09. The Labute approximate surface area is 164 Å². The van der Waals surface area contributed by atoms with Crippen molar-refractivity contribution >= 4 is 28.4 Å². The standard InChI is InChI=1S/C20H15ClF2N4O/c1-11-24-6-7-27(11)17-5-2-12(8-15(17)23)10-25-20(28)19-18(21)14-9-13(22)3-4-16(14)26-19/h2-9,26H,10H2,1H3,(H,25,28). The van der Waals surface area contributed by atoms with Crippen molar-refractivity contribution in [3.63, 3.8) is 0 Å². The number of hydrogen-bond donors (Lipinski definition) is 2. The van der Waals surface area contributed by atoms with Crippen LogP contribution in [0.15, 0.2) is 48.8 Å². The number of fused-ring (bicyclic) bond motifs is 1. The first-order valence-corrected chi connectivity index (χ1v) is 8.85. The van der Waals surface area contributed by atoms with Gasteiger partial charge in [-0.05, 0) is 42.8 Å². The minimum absolute atomic E-state index is 0.110. The van der Waals surface area contributed by atoms with Crippen LogP contribution in [0.2, 0.25) is 5.02 Å². The van der Waals surface area contributed by atoms with Crippen LogP contribution in [0.25, 0.3) is 16.6 Å². The molecule has 0 atom stereocenters. The molecule has 0 unspecified atom stereocenters. The number of benzene rings is 2. The molecule has 0 bridgehead atoms. The Morgan fingerprint density at radius 1 is 1.25 bits per heavy atom. The fourth-order valence-corrected chi connectivity index (χ4v) is 3.34. The number of carbonyl (C=O) groups excluding carboxylic acids is 1. The average molecular weight is 401 g/mol. The van der Waals surface area contributed by atoms with Gasteiger partial charge in [0.25, 0.3) is 5.91 Å². The van der Waals surface area contributed by atoms with Crippen LogP contribution >= 0.6 is 11.6 Å². The maximum atomic E-state index is 14.5. The van der Waals surface area contributed by atoms with Crippen molar-refractivity contribution in [2.75, 3.05) is 0 Å². The number of imidazole rings is 1. The van der Waals surface area contributed by atoms with E-state index in [0.29, 0.717) is 28.0 Å². The zero-order chi connectivity index (χ0) is 19.8. The number of rotatable bonds is 4. The molecule has 0 fully saturated rings. The summed E-state index contributed by atoms with van der Waals surface area (Å²) in [6.07, 6.45) is 3.27. The molecule has 0 aliphatic heterocycles. The van der Waals surface area contributed by atoms with Crippen molar-refractivity contribution in [1.29, 1.82) is 0 Å². The lowest BCUT2D eigenvalue weighted by Crippen LogP contribution is -2.23. The van der Waals surface area contributed by atoms with Gasteiger partial charge in [0, 0.05) is 29.8 Å². The molecule has 0 radical (unpaired) electrons. The Kier molecular flexibility index (Phi) is 4.60. The van der Waals surface area contributed by atoms with Crippen molar-refractivity contribution in [1.82, 2.24) is 19.9 Å². The van der Waals surface area contributed by atoms with Crippen LogP contribution in [0.3, 0.4) is 0 Å². The van der Waals surface area contributed by atoms with Crippen LogP contribution in [0.5, 0.6) is 0 Å². The minimum Gasteiger partial charge on any atom is -0.349 e. The predicted octanol–water partition coefficient (Wildman–Crippen LogP) is 4.52. The number of nitrogens with zero attached hydrogens (tertiary/aromatic N) is 2. The first kappa shape index (κ1) is 18.2. The van der Waals surface area contributed by atoms with Gasteiger partial charge in [0.05, 0.1) is 10.7 Å². The van der Waals surface area contributed by atoms with Crippen LogP contribution < -0.4 is 5.32 Å². The van der Waals surface area contributed by atoms with Crippen molar-refractivity contribution in [2.24, 2.45) is 0 Å². The van der Waals surface area contributed by atoms with Gasteiger partial charge in [0.1, 0.15) is 23.2 Å². The molecule has 0 saturated heterocycles. The predicted molar refractivity (Wildman–Crippen MR) is 103 cm³/mol. The van der Waals surface area contributed by atoms with Gasteiger partial charge in [-0.25, -0.2) is 13.8 Å². The van der Waals surface area contributed by atoms with Crippen molar-refractivity contribution in [3.05, 3.63) is 82.5 Å². The fourth-order valence-electron chi connectivity index (χ4n) is 3.05. The van der Waals surface area contributed by atoms with Crippen LogP contribution in [-0.4, -0.2) is 20.4 Å². The van der Waals surface area contributed by atoms with E-state index in [9.17, 15) is 13.6 Å². The van der Waals surface area contributed by atoms with Crippen molar-refractivity contribution in [2.45, 2.75) is 13.5 Å². The summed E-state index contributed by atoms with van der Waals surface area (Å²) >= 11 is 6.20. The molecule has 0 aliphatic rings. The molecule has 2 aromatic heterocycles. The van der Waals surface area contributed by atoms with E-state index in [-0.39, 0.29) is 17.3 Å². The van der Waals surface area contributed by atoms with E-state index in [1.165, 1.54) is 24.3 Å². The van der Waals surface area contributed by atoms with E-state index in [0.717, 1.165) is 0 Å². The number of aryl methyl sites for hydroxylation is 1. The molecule has 1 amide bonds. The van der Waals surface area contributed by atoms with Crippen LogP contribution in [0, 0.1) is 18.6 Å². The molecule has 2 heterocycles. The monoisotopic (exact) mass is 400 g/mol. The first-order chi connectivity index (χ1) is 13.4. The van der Waals surface area contributed by atoms with Crippen molar-refractivity contribution in [3.8, 4) is 5.69 Å². The number of aromatic amines is 1. The molecular formula is C20H15ClF2N4O. The molecule has 2 aromatic carbocycles. The first-order valence-electron chi connectivity index (χ1n) is 8.47. The summed E-state index contributed by atoms with van der Waals surface area (Å²) in [7, 11) is 0. The number of aromatic nitrogens is 3. The molecule has 0 aliphatic carbocycles. The molecule has 28 heavy (non-hydrogen) atoms. The minimum atomic E-state index is -0.462. The normalized spacial score (nSPS) is 11.1. The molecule has 142 valence electrons. The largest absolute Gasteiger partial charge is 0.349 e. The maximum absolute atomic E-state index is 14.5. The van der Waals surface area contributed by atoms with E-state index in [4.69, 9.17) is 11.6 Å². The number of carbonyl (C=O) groups is 1. The summed E-state index contributed by atoms with van der Waals surface area (Å²) < 4.78 is 29.5. The topological polar surface area (TPSA) is 62.7 Å². The molecular weight excluding hydrogens is 386 g/mol. The average Bonchev–Trinajstić information content (AvgIpc) is 3.23. The van der Waals surface area contributed by atoms with E-state index in [1.807, 2.05) is 0 Å². The molecule has 4 aromatic rings. The van der Waals surface area contributed by atoms with Gasteiger partial charge in [0.2, 0.25) is 0 Å². The zero-order valence-corrected chi connectivity index (χ0v) is 15.5. The SMILES string of the molecule is Cc1nccn1-c1ccc(CNC(=O)c2[nH]c3ccc(F)cc3c2Cl)cc1F. The maximum Gasteiger partial charge on any atom is 0.269 e. The fraction of sp³-hybridized carbons (Fsp3) is 0.100. The van der Waals surface area contributed by atoms with Gasteiger partial charge in [-0.15, -0.1) is 0 Å². The molecule has 0 spiro atoms. The molecule has 5 nitrogen and oxygen atoms in total. The smallest absolute Gasteiger partial charge is 0.269 e. The summed E-state index contributed by atoms with van der Waals surface area (Å²) in [5.41, 5.74) is 1.66. The van der Waals surface area contributed by atoms with E-state index in [1.54, 1.807) is 36.0 Å². The number of nitrogens with one attached hydrogen (secondary N) is 2. The summed E-state index contributed by atoms with van der Waals surface area (Å²) in [5, 5.41) is 3.26. The van der Waals surface area contributed by atoms with Gasteiger partial charge >= 0.3 is 0 Å². The van der Waals surface area contributed by atoms with E-state index >= 15 is 0 Å². The highest BCUT2D eigenvalue weighted by molar-refractivity contribution is 6.38. The Hall–Kier alpha value is -3.19. The third-order valence-electron chi connectivity index (χ3n) is 4.47. The Bertz CT molecular complexity index is 1200. The second-order valence-corrected chi connectivity index (χ2v) is 6.69. The molecule has 2 N–H and O–H groups in total. The Morgan fingerprint density at radius 3 is 2.79 bits per heavy atom. The van der Waals surface area contributed by atoms with Crippen LogP contribution in [-0.2, 0) is 6.54 Å². The number of hydrogen-bond acceptors (Lipinski definition) is 2. The quantitative estimate of drug-likeness (QED) is 0.529. The summed E-state index contributed by atoms with van der Waals surface area (Å²) in [6.45, 7) is 1.89. The highest BCUT2D eigenvalue weighted by Crippen LogP contribution is 2.28. The Balaban J connectivity index is 1.52. The summed E-state index contributed by atoms with van der Waals surface area (Å²) in [5.74, 6) is -0.655. The lowest BCUT2D eigenvalue weighted by molar-refractivity contribution is 0.0947. The van der Waals surface area contributed by atoms with Crippen LogP contribution in [0.4, 0.5) is 8.78 Å². The number of H-pyrrole nitrogens is 1. The molecule has 8 heteroatoms. The highest BCUT2D eigenvalue weighted by atomic mass is 35.5. The molecule has 0 saturated carbocycles. The highest BCUT2D eigenvalue weighted by Gasteiger charge is 2.17. The van der Waals surface area contributed by atoms with Crippen LogP contribution in [0.1, 0.15) is 21.9 Å². The summed E-state index contributed by atoms with van der Waals surface area (Å²) in [4.78, 5) is 19.4. The van der Waals surface area contributed by atoms with Crippen molar-refractivity contribution < 1.29 is 13.6 Å². The number of amides is 1. The van der Waals surface area contributed by atoms with E-state index in [2.05, 4.69) is 15.3 Å². The van der Waals surface area contributed by atoms with Gasteiger partial charge in [-0.2, -0.15) is 0 Å². The lowest BCUT2D eigenvalue weighted by atomic mass is 10.2. The molecule has 4 rings (SSSR count). The van der Waals surface area contributed by atoms with E-state index < -0.39 is 17.5 Å². The van der Waals surface area contributed by atoms with Gasteiger partial charge in [-0.3, -0.25) is 4.79 Å². The Morgan fingerprint density at radius 2 is 2.07 bits per heavy atom. The third-order valence-corrected chi connectivity index (χ3v) is 4.87. The number of halogens is 3.